The molecule has 3 heterocycles. The van der Waals surface area contributed by atoms with Gasteiger partial charge in [0.05, 0.1) is 5.69 Å². The first kappa shape index (κ1) is 17.8. The number of aromatic nitrogens is 5. The van der Waals surface area contributed by atoms with Gasteiger partial charge in [-0.25, -0.2) is 14.4 Å². The lowest BCUT2D eigenvalue weighted by atomic mass is 9.87. The van der Waals surface area contributed by atoms with Crippen LogP contribution in [0.4, 0.5) is 10.6 Å². The maximum absolute atomic E-state index is 13.3. The van der Waals surface area contributed by atoms with E-state index in [1.807, 2.05) is 37.3 Å². The molecular formula is C18H19N7O3. The second kappa shape index (κ2) is 6.55. The molecular weight excluding hydrogens is 362 g/mol. The topological polar surface area (TPSA) is 119 Å². The van der Waals surface area contributed by atoms with E-state index in [1.54, 1.807) is 13.8 Å². The molecule has 1 saturated heterocycles. The van der Waals surface area contributed by atoms with Crippen LogP contribution in [-0.4, -0.2) is 37.1 Å². The molecule has 1 aliphatic heterocycles. The number of anilines is 1. The fourth-order valence-electron chi connectivity index (χ4n) is 3.38. The van der Waals surface area contributed by atoms with Gasteiger partial charge in [-0.1, -0.05) is 47.6 Å². The van der Waals surface area contributed by atoms with Crippen molar-refractivity contribution in [2.75, 3.05) is 4.90 Å². The van der Waals surface area contributed by atoms with E-state index in [1.165, 1.54) is 4.68 Å². The summed E-state index contributed by atoms with van der Waals surface area (Å²) in [6, 6.07) is 8.66. The van der Waals surface area contributed by atoms with Crippen molar-refractivity contribution in [3.8, 4) is 0 Å². The first-order valence-electron chi connectivity index (χ1n) is 8.87. The molecule has 0 radical (unpaired) electrons. The van der Waals surface area contributed by atoms with Crippen LogP contribution in [0.5, 0.6) is 0 Å². The average molecular weight is 381 g/mol. The van der Waals surface area contributed by atoms with Crippen LogP contribution < -0.4 is 10.2 Å². The molecule has 144 valence electrons. The fraction of sp³-hybridized carbons (Fsp3) is 0.333. The van der Waals surface area contributed by atoms with E-state index in [2.05, 4.69) is 25.8 Å². The standard InChI is InChI=1S/C18H19N7O3/c1-4-18(13-8-6-5-7-9-13)16(26)25(17(27)20-18)15-11(2)24(23-21-15)10-14-19-12(3)28-22-14/h5-9H,4,10H2,1-3H3,(H,20,27)/t18-/m1/s1. The van der Waals surface area contributed by atoms with Gasteiger partial charge in [-0.15, -0.1) is 5.10 Å². The van der Waals surface area contributed by atoms with Crippen LogP contribution in [0.3, 0.4) is 0 Å². The average Bonchev–Trinajstić information content (AvgIpc) is 3.34. The normalized spacial score (nSPS) is 19.3. The molecule has 1 N–H and O–H groups in total. The van der Waals surface area contributed by atoms with Gasteiger partial charge >= 0.3 is 6.03 Å². The van der Waals surface area contributed by atoms with Crippen LogP contribution in [-0.2, 0) is 16.9 Å². The second-order valence-electron chi connectivity index (χ2n) is 6.58. The van der Waals surface area contributed by atoms with Crippen LogP contribution in [0, 0.1) is 13.8 Å². The highest BCUT2D eigenvalue weighted by atomic mass is 16.5. The summed E-state index contributed by atoms with van der Waals surface area (Å²) in [5.41, 5.74) is 0.149. The number of nitrogens with zero attached hydrogens (tertiary/aromatic N) is 6. The third kappa shape index (κ3) is 2.65. The number of urea groups is 1. The van der Waals surface area contributed by atoms with E-state index >= 15 is 0 Å². The monoisotopic (exact) mass is 381 g/mol. The highest BCUT2D eigenvalue weighted by Crippen LogP contribution is 2.35. The number of hydrogen-bond donors (Lipinski definition) is 1. The predicted molar refractivity (Wildman–Crippen MR) is 97.3 cm³/mol. The van der Waals surface area contributed by atoms with Crippen molar-refractivity contribution in [2.45, 2.75) is 39.3 Å². The molecule has 10 nitrogen and oxygen atoms in total. The molecule has 4 rings (SSSR count). The summed E-state index contributed by atoms with van der Waals surface area (Å²) in [6.45, 7) is 5.50. The molecule has 0 bridgehead atoms. The molecule has 3 aromatic rings. The lowest BCUT2D eigenvalue weighted by Gasteiger charge is -2.25. The number of carbonyl (C=O) groups excluding carboxylic acids is 2. The third-order valence-electron chi connectivity index (χ3n) is 4.92. The molecule has 1 aliphatic rings. The smallest absolute Gasteiger partial charge is 0.331 e. The minimum atomic E-state index is -1.13. The summed E-state index contributed by atoms with van der Waals surface area (Å²) in [5.74, 6) is 0.685. The number of rotatable bonds is 5. The lowest BCUT2D eigenvalue weighted by Crippen LogP contribution is -2.43. The molecule has 1 atom stereocenters. The molecule has 3 amide bonds. The molecule has 1 fully saturated rings. The first-order valence-corrected chi connectivity index (χ1v) is 8.87. The van der Waals surface area contributed by atoms with Crippen LogP contribution in [0.15, 0.2) is 34.9 Å². The number of aryl methyl sites for hydroxylation is 1. The van der Waals surface area contributed by atoms with Gasteiger partial charge in [0, 0.05) is 6.92 Å². The number of imide groups is 1. The zero-order valence-electron chi connectivity index (χ0n) is 15.7. The van der Waals surface area contributed by atoms with Gasteiger partial charge in [0.2, 0.25) is 5.89 Å². The highest BCUT2D eigenvalue weighted by Gasteiger charge is 2.53. The number of amides is 3. The molecule has 2 aromatic heterocycles. The Kier molecular flexibility index (Phi) is 4.17. The molecule has 0 unspecified atom stereocenters. The number of nitrogens with one attached hydrogen (secondary N) is 1. The molecule has 1 aromatic carbocycles. The van der Waals surface area contributed by atoms with Gasteiger partial charge in [0.1, 0.15) is 12.1 Å². The Balaban J connectivity index is 1.68. The number of carbonyl (C=O) groups is 2. The van der Waals surface area contributed by atoms with E-state index in [0.29, 0.717) is 23.8 Å². The van der Waals surface area contributed by atoms with E-state index in [0.717, 1.165) is 10.5 Å². The van der Waals surface area contributed by atoms with Gasteiger partial charge in [-0.2, -0.15) is 4.98 Å². The summed E-state index contributed by atoms with van der Waals surface area (Å²) in [4.78, 5) is 31.2. The Labute approximate surface area is 160 Å². The van der Waals surface area contributed by atoms with Gasteiger partial charge in [-0.05, 0) is 18.9 Å². The predicted octanol–water partition coefficient (Wildman–Crippen LogP) is 1.69. The van der Waals surface area contributed by atoms with E-state index < -0.39 is 11.6 Å². The van der Waals surface area contributed by atoms with Crippen molar-refractivity contribution in [3.63, 3.8) is 0 Å². The summed E-state index contributed by atoms with van der Waals surface area (Å²) in [6.07, 6.45) is 0.410. The SMILES string of the molecule is CC[C@]1(c2ccccc2)NC(=O)N(c2nnn(Cc3noc(C)n3)c2C)C1=O. The largest absolute Gasteiger partial charge is 0.340 e. The third-order valence-corrected chi connectivity index (χ3v) is 4.92. The Morgan fingerprint density at radius 3 is 2.57 bits per heavy atom. The molecule has 10 heteroatoms. The summed E-state index contributed by atoms with van der Waals surface area (Å²) < 4.78 is 6.48. The van der Waals surface area contributed by atoms with Crippen molar-refractivity contribution >= 4 is 17.8 Å². The van der Waals surface area contributed by atoms with Gasteiger partial charge in [0.15, 0.2) is 11.6 Å². The summed E-state index contributed by atoms with van der Waals surface area (Å²) >= 11 is 0. The van der Waals surface area contributed by atoms with Crippen molar-refractivity contribution in [1.82, 2.24) is 30.5 Å². The van der Waals surface area contributed by atoms with E-state index in [4.69, 9.17) is 4.52 Å². The van der Waals surface area contributed by atoms with Crippen molar-refractivity contribution in [1.29, 1.82) is 0 Å². The Morgan fingerprint density at radius 1 is 1.18 bits per heavy atom. The van der Waals surface area contributed by atoms with Crippen molar-refractivity contribution in [3.05, 3.63) is 53.3 Å². The van der Waals surface area contributed by atoms with E-state index in [-0.39, 0.29) is 18.3 Å². The zero-order valence-corrected chi connectivity index (χ0v) is 15.7. The van der Waals surface area contributed by atoms with E-state index in [9.17, 15) is 9.59 Å². The second-order valence-corrected chi connectivity index (χ2v) is 6.58. The molecule has 0 aliphatic carbocycles. The van der Waals surface area contributed by atoms with Crippen LogP contribution in [0.25, 0.3) is 0 Å². The lowest BCUT2D eigenvalue weighted by molar-refractivity contribution is -0.122. The Morgan fingerprint density at radius 2 is 1.93 bits per heavy atom. The summed E-state index contributed by atoms with van der Waals surface area (Å²) in [7, 11) is 0. The van der Waals surface area contributed by atoms with Crippen molar-refractivity contribution < 1.29 is 14.1 Å². The molecule has 28 heavy (non-hydrogen) atoms. The number of benzene rings is 1. The van der Waals surface area contributed by atoms with Crippen LogP contribution in [0.2, 0.25) is 0 Å². The molecule has 0 saturated carbocycles. The fourth-order valence-corrected chi connectivity index (χ4v) is 3.38. The maximum atomic E-state index is 13.3. The summed E-state index contributed by atoms with van der Waals surface area (Å²) in [5, 5.41) is 14.8. The van der Waals surface area contributed by atoms with Crippen molar-refractivity contribution in [2.24, 2.45) is 0 Å². The molecule has 0 spiro atoms. The highest BCUT2D eigenvalue weighted by molar-refractivity contribution is 6.23. The van der Waals surface area contributed by atoms with Gasteiger partial charge < -0.3 is 9.84 Å². The minimum absolute atomic E-state index is 0.189. The van der Waals surface area contributed by atoms with Crippen LogP contribution >= 0.6 is 0 Å². The Hall–Kier alpha value is -3.56. The van der Waals surface area contributed by atoms with Gasteiger partial charge in [0.25, 0.3) is 5.91 Å². The maximum Gasteiger partial charge on any atom is 0.331 e. The first-order chi connectivity index (χ1) is 13.5. The number of hydrogen-bond acceptors (Lipinski definition) is 7. The minimum Gasteiger partial charge on any atom is -0.340 e. The zero-order chi connectivity index (χ0) is 19.9. The van der Waals surface area contributed by atoms with Gasteiger partial charge in [-0.3, -0.25) is 4.79 Å². The quantitative estimate of drug-likeness (QED) is 0.668. The Bertz CT molecular complexity index is 1040. The van der Waals surface area contributed by atoms with Crippen LogP contribution in [0.1, 0.15) is 36.3 Å².